The Hall–Kier alpha value is -3.72. The fraction of sp³-hybridized carbons (Fsp3) is 0.240. The number of benzene rings is 3. The van der Waals surface area contributed by atoms with Gasteiger partial charge in [0, 0.05) is 12.6 Å². The number of ether oxygens (including phenoxy) is 3. The largest absolute Gasteiger partial charge is 0.494 e. The molecule has 1 N–H and O–H groups in total. The summed E-state index contributed by atoms with van der Waals surface area (Å²) in [5.41, 5.74) is 1.18. The molecule has 0 spiro atoms. The molecule has 0 saturated carbocycles. The molecule has 1 aliphatic heterocycles. The maximum absolute atomic E-state index is 13.5. The molecule has 0 bridgehead atoms. The first kappa shape index (κ1) is 23.4. The average molecular weight is 483 g/mol. The molecule has 0 radical (unpaired) electrons. The molecule has 1 aliphatic rings. The Balaban J connectivity index is 1.55. The maximum atomic E-state index is 13.5. The van der Waals surface area contributed by atoms with E-state index < -0.39 is 22.5 Å². The SMILES string of the molecule is CCOc1ccc(CNC(=O)CN(c2ccc3c(c2)OCCO3)S(=O)(=O)c2ccccc2)cc1. The molecule has 0 saturated heterocycles. The quantitative estimate of drug-likeness (QED) is 0.503. The number of sulfonamides is 1. The normalized spacial score (nSPS) is 12.6. The molecule has 1 heterocycles. The van der Waals surface area contributed by atoms with Gasteiger partial charge in [-0.2, -0.15) is 0 Å². The minimum absolute atomic E-state index is 0.0872. The zero-order chi connectivity index (χ0) is 24.0. The molecule has 0 aromatic heterocycles. The summed E-state index contributed by atoms with van der Waals surface area (Å²) < 4.78 is 44.6. The van der Waals surface area contributed by atoms with Crippen LogP contribution < -0.4 is 23.8 Å². The molecule has 9 heteroatoms. The van der Waals surface area contributed by atoms with E-state index in [1.54, 1.807) is 36.4 Å². The summed E-state index contributed by atoms with van der Waals surface area (Å²) in [5, 5.41) is 2.79. The number of nitrogens with one attached hydrogen (secondary N) is 1. The highest BCUT2D eigenvalue weighted by atomic mass is 32.2. The Labute approximate surface area is 199 Å². The lowest BCUT2D eigenvalue weighted by Crippen LogP contribution is -2.40. The van der Waals surface area contributed by atoms with Crippen molar-refractivity contribution in [2.45, 2.75) is 18.4 Å². The molecule has 8 nitrogen and oxygen atoms in total. The lowest BCUT2D eigenvalue weighted by Gasteiger charge is -2.26. The van der Waals surface area contributed by atoms with Gasteiger partial charge in [0.25, 0.3) is 10.0 Å². The summed E-state index contributed by atoms with van der Waals surface area (Å²) in [7, 11) is -4.01. The number of carbonyl (C=O) groups excluding carboxylic acids is 1. The summed E-state index contributed by atoms with van der Waals surface area (Å²) in [5.74, 6) is 1.28. The number of fused-ring (bicyclic) bond motifs is 1. The fourth-order valence-corrected chi connectivity index (χ4v) is 4.91. The molecule has 0 fully saturated rings. The molecule has 3 aromatic rings. The number of hydrogen-bond acceptors (Lipinski definition) is 6. The number of rotatable bonds is 9. The van der Waals surface area contributed by atoms with Gasteiger partial charge in [0.15, 0.2) is 11.5 Å². The van der Waals surface area contributed by atoms with E-state index in [2.05, 4.69) is 5.32 Å². The van der Waals surface area contributed by atoms with Crippen LogP contribution in [0.5, 0.6) is 17.2 Å². The lowest BCUT2D eigenvalue weighted by molar-refractivity contribution is -0.119. The minimum Gasteiger partial charge on any atom is -0.494 e. The molecule has 178 valence electrons. The van der Waals surface area contributed by atoms with Crippen LogP contribution in [0.3, 0.4) is 0 Å². The predicted molar refractivity (Wildman–Crippen MR) is 128 cm³/mol. The van der Waals surface area contributed by atoms with Crippen molar-refractivity contribution >= 4 is 21.6 Å². The van der Waals surface area contributed by atoms with Crippen molar-refractivity contribution in [2.75, 3.05) is 30.7 Å². The number of carbonyl (C=O) groups is 1. The lowest BCUT2D eigenvalue weighted by atomic mass is 10.2. The number of hydrogen-bond donors (Lipinski definition) is 1. The second kappa shape index (κ2) is 10.5. The highest BCUT2D eigenvalue weighted by Gasteiger charge is 2.28. The van der Waals surface area contributed by atoms with Gasteiger partial charge in [-0.25, -0.2) is 8.42 Å². The molecule has 3 aromatic carbocycles. The number of anilines is 1. The zero-order valence-electron chi connectivity index (χ0n) is 18.8. The van der Waals surface area contributed by atoms with Gasteiger partial charge >= 0.3 is 0 Å². The highest BCUT2D eigenvalue weighted by molar-refractivity contribution is 7.92. The first-order valence-corrected chi connectivity index (χ1v) is 12.4. The average Bonchev–Trinajstić information content (AvgIpc) is 2.87. The van der Waals surface area contributed by atoms with Crippen LogP contribution in [0.15, 0.2) is 77.7 Å². The van der Waals surface area contributed by atoms with Gasteiger partial charge in [0.05, 0.1) is 17.2 Å². The van der Waals surface area contributed by atoms with E-state index in [9.17, 15) is 13.2 Å². The van der Waals surface area contributed by atoms with Gasteiger partial charge in [-0.1, -0.05) is 30.3 Å². The van der Waals surface area contributed by atoms with Crippen molar-refractivity contribution in [1.82, 2.24) is 5.32 Å². The highest BCUT2D eigenvalue weighted by Crippen LogP contribution is 2.35. The molecule has 0 unspecified atom stereocenters. The smallest absolute Gasteiger partial charge is 0.264 e. The molecule has 34 heavy (non-hydrogen) atoms. The van der Waals surface area contributed by atoms with Crippen LogP contribution in [-0.4, -0.2) is 40.7 Å². The predicted octanol–water partition coefficient (Wildman–Crippen LogP) is 3.37. The van der Waals surface area contributed by atoms with E-state index in [1.807, 2.05) is 31.2 Å². The molecular weight excluding hydrogens is 456 g/mol. The Bertz CT molecular complexity index is 1230. The first-order valence-electron chi connectivity index (χ1n) is 10.9. The van der Waals surface area contributed by atoms with Crippen molar-refractivity contribution < 1.29 is 27.4 Å². The molecule has 0 atom stereocenters. The summed E-state index contributed by atoms with van der Waals surface area (Å²) in [6.45, 7) is 3.13. The Morgan fingerprint density at radius 3 is 2.38 bits per heavy atom. The molecule has 4 rings (SSSR count). The van der Waals surface area contributed by atoms with Gasteiger partial charge < -0.3 is 19.5 Å². The second-order valence-electron chi connectivity index (χ2n) is 7.51. The summed E-state index contributed by atoms with van der Waals surface area (Å²) in [6, 6.07) is 20.2. The van der Waals surface area contributed by atoms with Crippen LogP contribution in [-0.2, 0) is 21.4 Å². The van der Waals surface area contributed by atoms with Crippen LogP contribution >= 0.6 is 0 Å². The maximum Gasteiger partial charge on any atom is 0.264 e. The van der Waals surface area contributed by atoms with E-state index in [-0.39, 0.29) is 11.4 Å². The number of amides is 1. The third-order valence-corrected chi connectivity index (χ3v) is 6.94. The van der Waals surface area contributed by atoms with Crippen molar-refractivity contribution in [2.24, 2.45) is 0 Å². The Morgan fingerprint density at radius 2 is 1.68 bits per heavy atom. The van der Waals surface area contributed by atoms with Gasteiger partial charge in [-0.15, -0.1) is 0 Å². The van der Waals surface area contributed by atoms with Crippen molar-refractivity contribution in [1.29, 1.82) is 0 Å². The third-order valence-electron chi connectivity index (χ3n) is 5.16. The van der Waals surface area contributed by atoms with Crippen LogP contribution in [0.2, 0.25) is 0 Å². The second-order valence-corrected chi connectivity index (χ2v) is 9.37. The van der Waals surface area contributed by atoms with E-state index >= 15 is 0 Å². The molecule has 1 amide bonds. The summed E-state index contributed by atoms with van der Waals surface area (Å²) >= 11 is 0. The number of nitrogens with zero attached hydrogens (tertiary/aromatic N) is 1. The van der Waals surface area contributed by atoms with E-state index in [1.165, 1.54) is 12.1 Å². The van der Waals surface area contributed by atoms with E-state index in [0.29, 0.717) is 37.0 Å². The van der Waals surface area contributed by atoms with Crippen LogP contribution in [0.4, 0.5) is 5.69 Å². The van der Waals surface area contributed by atoms with Gasteiger partial charge in [-0.3, -0.25) is 9.10 Å². The topological polar surface area (TPSA) is 94.2 Å². The van der Waals surface area contributed by atoms with Gasteiger partial charge in [0.2, 0.25) is 5.91 Å². The van der Waals surface area contributed by atoms with Gasteiger partial charge in [-0.05, 0) is 48.9 Å². The standard InChI is InChI=1S/C25H26N2O6S/c1-2-31-21-11-8-19(9-12-21)17-26-25(28)18-27(34(29,30)22-6-4-3-5-7-22)20-10-13-23-24(16-20)33-15-14-32-23/h3-13,16H,2,14-15,17-18H2,1H3,(H,26,28). The molecular formula is C25H26N2O6S. The van der Waals surface area contributed by atoms with Crippen molar-refractivity contribution in [3.63, 3.8) is 0 Å². The van der Waals surface area contributed by atoms with Crippen LogP contribution in [0.1, 0.15) is 12.5 Å². The fourth-order valence-electron chi connectivity index (χ4n) is 3.48. The summed E-state index contributed by atoms with van der Waals surface area (Å²) in [4.78, 5) is 12.9. The molecule has 0 aliphatic carbocycles. The Morgan fingerprint density at radius 1 is 0.971 bits per heavy atom. The summed E-state index contributed by atoms with van der Waals surface area (Å²) in [6.07, 6.45) is 0. The van der Waals surface area contributed by atoms with Crippen LogP contribution in [0, 0.1) is 0 Å². The third kappa shape index (κ3) is 5.43. The first-order chi connectivity index (χ1) is 16.5. The Kier molecular flexibility index (Phi) is 7.22. The van der Waals surface area contributed by atoms with Crippen molar-refractivity contribution in [3.05, 3.63) is 78.4 Å². The van der Waals surface area contributed by atoms with Crippen molar-refractivity contribution in [3.8, 4) is 17.2 Å². The zero-order valence-corrected chi connectivity index (χ0v) is 19.6. The van der Waals surface area contributed by atoms with E-state index in [0.717, 1.165) is 15.6 Å². The monoisotopic (exact) mass is 482 g/mol. The van der Waals surface area contributed by atoms with Gasteiger partial charge in [0.1, 0.15) is 25.5 Å². The van der Waals surface area contributed by atoms with E-state index in [4.69, 9.17) is 14.2 Å². The minimum atomic E-state index is -4.01. The van der Waals surface area contributed by atoms with Crippen LogP contribution in [0.25, 0.3) is 0 Å².